The molecule has 2 N–H and O–H groups in total. The molecule has 1 aromatic carbocycles. The van der Waals surface area contributed by atoms with Crippen LogP contribution in [0.25, 0.3) is 0 Å². The van der Waals surface area contributed by atoms with Gasteiger partial charge in [-0.3, -0.25) is 14.6 Å². The molecule has 2 rings (SSSR count). The molecule has 1 heterocycles. The Hall–Kier alpha value is -2.69. The lowest BCUT2D eigenvalue weighted by Gasteiger charge is -2.20. The molecular weight excluding hydrogens is 338 g/mol. The number of carbonyl (C=O) groups is 2. The predicted octanol–water partition coefficient (Wildman–Crippen LogP) is 4.72. The second kappa shape index (κ2) is 9.31. The van der Waals surface area contributed by atoms with Crippen molar-refractivity contribution in [2.45, 2.75) is 52.9 Å². The first-order valence-electron chi connectivity index (χ1n) is 9.53. The van der Waals surface area contributed by atoms with Gasteiger partial charge in [0, 0.05) is 24.0 Å². The molecule has 0 bridgehead atoms. The summed E-state index contributed by atoms with van der Waals surface area (Å²) < 4.78 is 0. The van der Waals surface area contributed by atoms with Crippen LogP contribution < -0.4 is 10.6 Å². The highest BCUT2D eigenvalue weighted by molar-refractivity contribution is 6.06. The van der Waals surface area contributed by atoms with Crippen molar-refractivity contribution in [1.82, 2.24) is 10.3 Å². The van der Waals surface area contributed by atoms with Gasteiger partial charge >= 0.3 is 0 Å². The molecular formula is C22H29N3O2. The molecule has 5 heteroatoms. The van der Waals surface area contributed by atoms with Crippen LogP contribution in [0.4, 0.5) is 5.69 Å². The average Bonchev–Trinajstić information content (AvgIpc) is 2.65. The van der Waals surface area contributed by atoms with Crippen LogP contribution in [0.5, 0.6) is 0 Å². The maximum atomic E-state index is 12.9. The number of nitrogens with one attached hydrogen (secondary N) is 2. The van der Waals surface area contributed by atoms with Gasteiger partial charge in [-0.1, -0.05) is 52.8 Å². The molecule has 5 nitrogen and oxygen atoms in total. The minimum atomic E-state index is -0.267. The molecule has 0 unspecified atom stereocenters. The number of hydrogen-bond donors (Lipinski definition) is 2. The minimum Gasteiger partial charge on any atom is -0.351 e. The fourth-order valence-corrected chi connectivity index (χ4v) is 2.91. The van der Waals surface area contributed by atoms with Crippen molar-refractivity contribution in [1.29, 1.82) is 0 Å². The Bertz CT molecular complexity index is 787. The zero-order valence-corrected chi connectivity index (χ0v) is 16.8. The van der Waals surface area contributed by atoms with Crippen LogP contribution >= 0.6 is 0 Å². The summed E-state index contributed by atoms with van der Waals surface area (Å²) in [6.45, 7) is 11.0. The highest BCUT2D eigenvalue weighted by Crippen LogP contribution is 2.32. The fraction of sp³-hybridized carbons (Fsp3) is 0.409. The van der Waals surface area contributed by atoms with E-state index in [9.17, 15) is 9.59 Å². The van der Waals surface area contributed by atoms with Crippen molar-refractivity contribution in [3.8, 4) is 0 Å². The van der Waals surface area contributed by atoms with Gasteiger partial charge in [-0.05, 0) is 41.5 Å². The van der Waals surface area contributed by atoms with Gasteiger partial charge < -0.3 is 10.6 Å². The third-order valence-corrected chi connectivity index (χ3v) is 4.40. The van der Waals surface area contributed by atoms with Crippen molar-refractivity contribution in [3.63, 3.8) is 0 Å². The highest BCUT2D eigenvalue weighted by atomic mass is 16.2. The second-order valence-electron chi connectivity index (χ2n) is 7.26. The standard InChI is InChI=1S/C22H29N3O2/c1-6-11-24-22(27)19-13-16(10-12-23-19)21(26)25-20-17(14(2)3)8-7-9-18(20)15(4)5/h7-10,12-15H,6,11H2,1-5H3,(H,24,27)(H,25,26). The second-order valence-corrected chi connectivity index (χ2v) is 7.26. The van der Waals surface area contributed by atoms with E-state index < -0.39 is 0 Å². The van der Waals surface area contributed by atoms with E-state index in [0.29, 0.717) is 12.1 Å². The molecule has 0 atom stereocenters. The van der Waals surface area contributed by atoms with Crippen LogP contribution in [0, 0.1) is 0 Å². The van der Waals surface area contributed by atoms with Gasteiger partial charge in [-0.2, -0.15) is 0 Å². The molecule has 2 aromatic rings. The third kappa shape index (κ3) is 5.16. The Labute approximate surface area is 161 Å². The normalized spacial score (nSPS) is 10.9. The van der Waals surface area contributed by atoms with E-state index in [1.54, 1.807) is 6.07 Å². The number of aromatic nitrogens is 1. The Kier molecular flexibility index (Phi) is 7.11. The van der Waals surface area contributed by atoms with E-state index in [0.717, 1.165) is 23.2 Å². The number of carbonyl (C=O) groups excluding carboxylic acids is 2. The quantitative estimate of drug-likeness (QED) is 0.744. The molecule has 0 spiro atoms. The van der Waals surface area contributed by atoms with Crippen LogP contribution in [-0.2, 0) is 0 Å². The summed E-state index contributed by atoms with van der Waals surface area (Å²) in [5.41, 5.74) is 3.73. The number of pyridine rings is 1. The van der Waals surface area contributed by atoms with Gasteiger partial charge in [0.25, 0.3) is 11.8 Å². The number of amides is 2. The predicted molar refractivity (Wildman–Crippen MR) is 109 cm³/mol. The number of rotatable bonds is 7. The SMILES string of the molecule is CCCNC(=O)c1cc(C(=O)Nc2c(C(C)C)cccc2C(C)C)ccn1. The molecule has 2 amide bonds. The number of benzene rings is 1. The molecule has 27 heavy (non-hydrogen) atoms. The Balaban J connectivity index is 2.32. The first-order valence-corrected chi connectivity index (χ1v) is 9.53. The number of nitrogens with zero attached hydrogens (tertiary/aromatic N) is 1. The third-order valence-electron chi connectivity index (χ3n) is 4.40. The first-order chi connectivity index (χ1) is 12.8. The largest absolute Gasteiger partial charge is 0.351 e. The van der Waals surface area contributed by atoms with E-state index in [-0.39, 0.29) is 29.3 Å². The summed E-state index contributed by atoms with van der Waals surface area (Å²) in [6, 6.07) is 9.28. The number of anilines is 1. The fourth-order valence-electron chi connectivity index (χ4n) is 2.91. The monoisotopic (exact) mass is 367 g/mol. The van der Waals surface area contributed by atoms with Gasteiger partial charge in [-0.15, -0.1) is 0 Å². The van der Waals surface area contributed by atoms with Crippen molar-refractivity contribution in [2.24, 2.45) is 0 Å². The maximum absolute atomic E-state index is 12.9. The zero-order valence-electron chi connectivity index (χ0n) is 16.8. The Morgan fingerprint density at radius 3 is 2.19 bits per heavy atom. The van der Waals surface area contributed by atoms with E-state index in [1.807, 2.05) is 25.1 Å². The average molecular weight is 367 g/mol. The van der Waals surface area contributed by atoms with Crippen LogP contribution in [0.2, 0.25) is 0 Å². The van der Waals surface area contributed by atoms with Crippen LogP contribution in [0.1, 0.15) is 84.8 Å². The van der Waals surface area contributed by atoms with Crippen LogP contribution in [0.3, 0.4) is 0 Å². The lowest BCUT2D eigenvalue weighted by Crippen LogP contribution is -2.25. The lowest BCUT2D eigenvalue weighted by atomic mass is 9.92. The Morgan fingerprint density at radius 1 is 1.00 bits per heavy atom. The van der Waals surface area contributed by atoms with E-state index in [2.05, 4.69) is 43.3 Å². The van der Waals surface area contributed by atoms with Crippen molar-refractivity contribution in [3.05, 3.63) is 58.9 Å². The van der Waals surface area contributed by atoms with Gasteiger partial charge in [0.05, 0.1) is 0 Å². The Morgan fingerprint density at radius 2 is 1.63 bits per heavy atom. The van der Waals surface area contributed by atoms with E-state index in [4.69, 9.17) is 0 Å². The summed E-state index contributed by atoms with van der Waals surface area (Å²) >= 11 is 0. The summed E-state index contributed by atoms with van der Waals surface area (Å²) in [7, 11) is 0. The molecule has 0 saturated carbocycles. The van der Waals surface area contributed by atoms with Gasteiger partial charge in [0.2, 0.25) is 0 Å². The minimum absolute atomic E-state index is 0.239. The smallest absolute Gasteiger partial charge is 0.269 e. The molecule has 144 valence electrons. The molecule has 1 aromatic heterocycles. The van der Waals surface area contributed by atoms with Crippen molar-refractivity contribution in [2.75, 3.05) is 11.9 Å². The lowest BCUT2D eigenvalue weighted by molar-refractivity contribution is 0.0948. The first kappa shape index (κ1) is 20.6. The topological polar surface area (TPSA) is 71.1 Å². The molecule has 0 saturated heterocycles. The maximum Gasteiger partial charge on any atom is 0.269 e. The van der Waals surface area contributed by atoms with Gasteiger partial charge in [-0.25, -0.2) is 0 Å². The molecule has 0 fully saturated rings. The molecule has 0 aliphatic rings. The van der Waals surface area contributed by atoms with Gasteiger partial charge in [0.1, 0.15) is 5.69 Å². The summed E-state index contributed by atoms with van der Waals surface area (Å²) in [4.78, 5) is 29.1. The van der Waals surface area contributed by atoms with Crippen molar-refractivity contribution >= 4 is 17.5 Å². The van der Waals surface area contributed by atoms with Gasteiger partial charge in [0.15, 0.2) is 0 Å². The van der Waals surface area contributed by atoms with E-state index in [1.165, 1.54) is 12.3 Å². The number of hydrogen-bond acceptors (Lipinski definition) is 3. The summed E-state index contributed by atoms with van der Waals surface area (Å²) in [5.74, 6) is 0.0625. The highest BCUT2D eigenvalue weighted by Gasteiger charge is 2.18. The molecule has 0 aliphatic carbocycles. The zero-order chi connectivity index (χ0) is 20.0. The summed E-state index contributed by atoms with van der Waals surface area (Å²) in [6.07, 6.45) is 2.34. The molecule has 0 aliphatic heterocycles. The van der Waals surface area contributed by atoms with E-state index >= 15 is 0 Å². The van der Waals surface area contributed by atoms with Crippen molar-refractivity contribution < 1.29 is 9.59 Å². The van der Waals surface area contributed by atoms with Crippen LogP contribution in [0.15, 0.2) is 36.5 Å². The molecule has 0 radical (unpaired) electrons. The van der Waals surface area contributed by atoms with Crippen LogP contribution in [-0.4, -0.2) is 23.3 Å². The summed E-state index contributed by atoms with van der Waals surface area (Å²) in [5, 5.41) is 5.85. The number of para-hydroxylation sites is 1.